The lowest BCUT2D eigenvalue weighted by Gasteiger charge is -2.42. The Labute approximate surface area is 218 Å². The van der Waals surface area contributed by atoms with E-state index in [1.807, 2.05) is 26.0 Å². The third-order valence-corrected chi connectivity index (χ3v) is 8.50. The Bertz CT molecular complexity index is 1360. The predicted octanol–water partition coefficient (Wildman–Crippen LogP) is 5.28. The van der Waals surface area contributed by atoms with E-state index in [1.54, 1.807) is 28.6 Å². The summed E-state index contributed by atoms with van der Waals surface area (Å²) in [6.45, 7) is 10.3. The van der Waals surface area contributed by atoms with E-state index < -0.39 is 10.0 Å². The van der Waals surface area contributed by atoms with Crippen molar-refractivity contribution < 1.29 is 12.8 Å². The zero-order valence-corrected chi connectivity index (χ0v) is 22.5. The van der Waals surface area contributed by atoms with Crippen molar-refractivity contribution in [3.8, 4) is 0 Å². The van der Waals surface area contributed by atoms with E-state index in [-0.39, 0.29) is 16.8 Å². The minimum absolute atomic E-state index is 0.164. The quantitative estimate of drug-likeness (QED) is 0.392. The second-order valence-electron chi connectivity index (χ2n) is 9.98. The number of rotatable bonds is 8. The van der Waals surface area contributed by atoms with Crippen LogP contribution in [-0.4, -0.2) is 55.0 Å². The van der Waals surface area contributed by atoms with Crippen LogP contribution in [0.5, 0.6) is 0 Å². The van der Waals surface area contributed by atoms with Crippen LogP contribution in [0.3, 0.4) is 0 Å². The first kappa shape index (κ1) is 26.9. The maximum atomic E-state index is 13.5. The lowest BCUT2D eigenvalue weighted by atomic mass is 9.94. The van der Waals surface area contributed by atoms with Gasteiger partial charge in [0.15, 0.2) is 0 Å². The maximum absolute atomic E-state index is 13.5. The monoisotopic (exact) mass is 523 g/mol. The number of benzene rings is 2. The van der Waals surface area contributed by atoms with Crippen LogP contribution in [0.1, 0.15) is 42.3 Å². The Hall–Kier alpha value is -3.14. The normalized spacial score (nSPS) is 17.2. The first-order valence-electron chi connectivity index (χ1n) is 12.4. The van der Waals surface area contributed by atoms with E-state index in [4.69, 9.17) is 5.41 Å². The van der Waals surface area contributed by atoms with Crippen molar-refractivity contribution in [2.45, 2.75) is 38.6 Å². The van der Waals surface area contributed by atoms with Crippen LogP contribution in [-0.2, 0) is 10.0 Å². The van der Waals surface area contributed by atoms with Gasteiger partial charge in [-0.05, 0) is 79.4 Å². The van der Waals surface area contributed by atoms with Crippen LogP contribution in [0.4, 0.5) is 15.8 Å². The molecule has 1 aliphatic rings. The second kappa shape index (κ2) is 11.1. The number of hydrogen-bond donors (Lipinski definition) is 2. The highest BCUT2D eigenvalue weighted by Gasteiger charge is 2.36. The molecule has 2 aromatic carbocycles. The molecule has 1 aliphatic heterocycles. The molecular weight excluding hydrogens is 489 g/mol. The van der Waals surface area contributed by atoms with E-state index in [2.05, 4.69) is 29.0 Å². The van der Waals surface area contributed by atoms with Gasteiger partial charge in [0.25, 0.3) is 0 Å². The Morgan fingerprint density at radius 1 is 1.14 bits per heavy atom. The summed E-state index contributed by atoms with van der Waals surface area (Å²) in [5, 5.41) is 11.3. The van der Waals surface area contributed by atoms with E-state index in [0.717, 1.165) is 34.7 Å². The maximum Gasteiger partial charge on any atom is 0.244 e. The standard InChI is InChI=1S/C28H34FN5O2S/c1-19(2)17-33-11-12-34(37(35,36)25-10-5-21(4)31-16-25)18-28(33)26-14-22(15-30)27(13-20(26)3)32-24-8-6-23(29)7-9-24/h5-10,13-16,19,28,30,32H,11-12,17-18H2,1-4H3/t28-/m1/s1. The number of pyridine rings is 1. The van der Waals surface area contributed by atoms with Crippen molar-refractivity contribution in [3.63, 3.8) is 0 Å². The summed E-state index contributed by atoms with van der Waals surface area (Å²) >= 11 is 0. The molecule has 1 atom stereocenters. The van der Waals surface area contributed by atoms with Gasteiger partial charge in [0.1, 0.15) is 10.7 Å². The fourth-order valence-electron chi connectivity index (χ4n) is 4.77. The molecule has 1 fully saturated rings. The van der Waals surface area contributed by atoms with Crippen molar-refractivity contribution in [2.24, 2.45) is 5.92 Å². The fraction of sp³-hybridized carbons (Fsp3) is 0.357. The number of aryl methyl sites for hydroxylation is 2. The smallest absolute Gasteiger partial charge is 0.244 e. The third kappa shape index (κ3) is 6.06. The second-order valence-corrected chi connectivity index (χ2v) is 11.9. The van der Waals surface area contributed by atoms with Crippen LogP contribution in [0, 0.1) is 31.0 Å². The molecule has 2 N–H and O–H groups in total. The lowest BCUT2D eigenvalue weighted by molar-refractivity contribution is 0.105. The van der Waals surface area contributed by atoms with Crippen molar-refractivity contribution >= 4 is 27.6 Å². The summed E-state index contributed by atoms with van der Waals surface area (Å²) in [5.74, 6) is 0.0988. The van der Waals surface area contributed by atoms with Gasteiger partial charge >= 0.3 is 0 Å². The summed E-state index contributed by atoms with van der Waals surface area (Å²) in [6, 6.07) is 13.2. The van der Waals surface area contributed by atoms with E-state index in [1.165, 1.54) is 24.5 Å². The number of sulfonamides is 1. The minimum Gasteiger partial charge on any atom is -0.355 e. The highest BCUT2D eigenvalue weighted by atomic mass is 32.2. The van der Waals surface area contributed by atoms with Crippen LogP contribution in [0.15, 0.2) is 59.6 Å². The van der Waals surface area contributed by atoms with Gasteiger partial charge in [-0.25, -0.2) is 12.8 Å². The zero-order chi connectivity index (χ0) is 26.7. The van der Waals surface area contributed by atoms with E-state index in [9.17, 15) is 12.8 Å². The number of aromatic nitrogens is 1. The van der Waals surface area contributed by atoms with Gasteiger partial charge in [-0.15, -0.1) is 0 Å². The highest BCUT2D eigenvalue weighted by molar-refractivity contribution is 7.89. The van der Waals surface area contributed by atoms with Crippen molar-refractivity contribution in [1.82, 2.24) is 14.2 Å². The average Bonchev–Trinajstić information content (AvgIpc) is 2.86. The molecule has 1 saturated heterocycles. The largest absolute Gasteiger partial charge is 0.355 e. The number of nitrogens with one attached hydrogen (secondary N) is 2. The Morgan fingerprint density at radius 2 is 1.86 bits per heavy atom. The minimum atomic E-state index is -3.70. The molecule has 0 amide bonds. The number of nitrogens with zero attached hydrogens (tertiary/aromatic N) is 3. The third-order valence-electron chi connectivity index (χ3n) is 6.65. The Kier molecular flexibility index (Phi) is 8.06. The summed E-state index contributed by atoms with van der Waals surface area (Å²) in [5.41, 5.74) is 4.89. The molecule has 1 aromatic heterocycles. The van der Waals surface area contributed by atoms with Gasteiger partial charge in [0.05, 0.1) is 0 Å². The first-order chi connectivity index (χ1) is 17.6. The molecule has 0 unspecified atom stereocenters. The summed E-state index contributed by atoms with van der Waals surface area (Å²) in [4.78, 5) is 6.73. The van der Waals surface area contributed by atoms with Gasteiger partial charge in [0, 0.05) is 67.3 Å². The number of anilines is 2. The first-order valence-corrected chi connectivity index (χ1v) is 13.9. The summed E-state index contributed by atoms with van der Waals surface area (Å²) in [6.07, 6.45) is 2.71. The predicted molar refractivity (Wildman–Crippen MR) is 146 cm³/mol. The molecule has 3 aromatic rings. The summed E-state index contributed by atoms with van der Waals surface area (Å²) in [7, 11) is -3.70. The molecular formula is C28H34FN5O2S. The topological polar surface area (TPSA) is 89.4 Å². The lowest BCUT2D eigenvalue weighted by Crippen LogP contribution is -2.51. The highest BCUT2D eigenvalue weighted by Crippen LogP contribution is 2.34. The van der Waals surface area contributed by atoms with Crippen LogP contribution >= 0.6 is 0 Å². The molecule has 9 heteroatoms. The fourth-order valence-corrected chi connectivity index (χ4v) is 6.15. The molecule has 37 heavy (non-hydrogen) atoms. The van der Waals surface area contributed by atoms with Gasteiger partial charge in [-0.1, -0.05) is 13.8 Å². The van der Waals surface area contributed by atoms with Gasteiger partial charge in [-0.3, -0.25) is 9.88 Å². The number of piperazine rings is 1. The SMILES string of the molecule is Cc1ccc(S(=O)(=O)N2CCN(CC(C)C)[C@@H](c3cc(C=N)c(Nc4ccc(F)cc4)cc3C)C2)cn1. The van der Waals surface area contributed by atoms with Crippen molar-refractivity contribution in [3.05, 3.63) is 82.9 Å². The average molecular weight is 524 g/mol. The van der Waals surface area contributed by atoms with Crippen LogP contribution < -0.4 is 5.32 Å². The summed E-state index contributed by atoms with van der Waals surface area (Å²) < 4.78 is 41.9. The number of halogens is 1. The van der Waals surface area contributed by atoms with Crippen molar-refractivity contribution in [1.29, 1.82) is 5.41 Å². The van der Waals surface area contributed by atoms with Gasteiger partial charge < -0.3 is 10.7 Å². The Morgan fingerprint density at radius 3 is 2.49 bits per heavy atom. The van der Waals surface area contributed by atoms with Gasteiger partial charge in [-0.2, -0.15) is 4.31 Å². The molecule has 4 rings (SSSR count). The molecule has 0 bridgehead atoms. The van der Waals surface area contributed by atoms with Crippen LogP contribution in [0.25, 0.3) is 0 Å². The molecule has 0 radical (unpaired) electrons. The molecule has 7 nitrogen and oxygen atoms in total. The van der Waals surface area contributed by atoms with E-state index >= 15 is 0 Å². The van der Waals surface area contributed by atoms with Crippen molar-refractivity contribution in [2.75, 3.05) is 31.5 Å². The number of hydrogen-bond acceptors (Lipinski definition) is 6. The zero-order valence-electron chi connectivity index (χ0n) is 21.7. The molecule has 196 valence electrons. The Balaban J connectivity index is 1.69. The molecule has 0 spiro atoms. The van der Waals surface area contributed by atoms with E-state index in [0.29, 0.717) is 31.1 Å². The van der Waals surface area contributed by atoms with Crippen LogP contribution in [0.2, 0.25) is 0 Å². The van der Waals surface area contributed by atoms with Gasteiger partial charge in [0.2, 0.25) is 10.0 Å². The molecule has 0 aliphatic carbocycles. The molecule has 0 saturated carbocycles. The molecule has 2 heterocycles.